The molecule has 2 aromatic carbocycles. The number of aryl methyl sites for hydroxylation is 2. The summed E-state index contributed by atoms with van der Waals surface area (Å²) < 4.78 is 26.1. The van der Waals surface area contributed by atoms with Crippen LogP contribution in [0.2, 0.25) is 0 Å². The quantitative estimate of drug-likeness (QED) is 0.694. The number of hydrogen-bond acceptors (Lipinski definition) is 4. The molecule has 0 fully saturated rings. The number of carbonyl (C=O) groups is 2. The molecule has 0 aliphatic carbocycles. The first kappa shape index (κ1) is 23.4. The standard InChI is InChI=1S/C22H29N3O4S/c1-16-11-12-20(17(2)13-16)25(30(5,28)29)15-21(26)24(18(3)22(27)23-4)14-19-9-7-6-8-10-19/h6-13,18H,14-15H2,1-5H3,(H,23,27). The third-order valence-electron chi connectivity index (χ3n) is 4.91. The maximum atomic E-state index is 13.3. The molecule has 30 heavy (non-hydrogen) atoms. The zero-order chi connectivity index (χ0) is 22.5. The Hall–Kier alpha value is -2.87. The highest BCUT2D eigenvalue weighted by Gasteiger charge is 2.30. The van der Waals surface area contributed by atoms with Crippen molar-refractivity contribution in [3.63, 3.8) is 0 Å². The number of carbonyl (C=O) groups excluding carboxylic acids is 2. The van der Waals surface area contributed by atoms with Crippen LogP contribution in [0.4, 0.5) is 5.69 Å². The van der Waals surface area contributed by atoms with E-state index in [9.17, 15) is 18.0 Å². The van der Waals surface area contributed by atoms with Gasteiger partial charge in [0, 0.05) is 13.6 Å². The van der Waals surface area contributed by atoms with Crippen LogP contribution in [0.3, 0.4) is 0 Å². The molecule has 162 valence electrons. The molecule has 0 spiro atoms. The van der Waals surface area contributed by atoms with Gasteiger partial charge in [0.1, 0.15) is 12.6 Å². The Morgan fingerprint density at radius 2 is 1.70 bits per heavy atom. The Labute approximate surface area is 178 Å². The summed E-state index contributed by atoms with van der Waals surface area (Å²) in [5, 5.41) is 2.55. The molecule has 1 atom stereocenters. The number of hydrogen-bond donors (Lipinski definition) is 1. The van der Waals surface area contributed by atoms with Gasteiger partial charge in [-0.2, -0.15) is 0 Å². The van der Waals surface area contributed by atoms with Crippen molar-refractivity contribution in [3.8, 4) is 0 Å². The Kier molecular flexibility index (Phi) is 7.61. The van der Waals surface area contributed by atoms with Gasteiger partial charge in [-0.05, 0) is 38.0 Å². The van der Waals surface area contributed by atoms with E-state index in [1.54, 1.807) is 26.0 Å². The van der Waals surface area contributed by atoms with Crippen LogP contribution in [0, 0.1) is 13.8 Å². The molecule has 8 heteroatoms. The summed E-state index contributed by atoms with van der Waals surface area (Å²) >= 11 is 0. The molecule has 0 aliphatic heterocycles. The second kappa shape index (κ2) is 9.75. The van der Waals surface area contributed by atoms with Crippen LogP contribution < -0.4 is 9.62 Å². The fourth-order valence-electron chi connectivity index (χ4n) is 3.25. The van der Waals surface area contributed by atoms with E-state index in [-0.39, 0.29) is 12.5 Å². The number of amides is 2. The lowest BCUT2D eigenvalue weighted by Crippen LogP contribution is -2.50. The molecule has 2 rings (SSSR count). The van der Waals surface area contributed by atoms with Gasteiger partial charge in [0.05, 0.1) is 11.9 Å². The van der Waals surface area contributed by atoms with Crippen LogP contribution in [-0.2, 0) is 26.2 Å². The lowest BCUT2D eigenvalue weighted by atomic mass is 10.1. The average molecular weight is 432 g/mol. The van der Waals surface area contributed by atoms with Crippen molar-refractivity contribution in [3.05, 3.63) is 65.2 Å². The molecule has 0 heterocycles. The molecular formula is C22H29N3O4S. The molecular weight excluding hydrogens is 402 g/mol. The summed E-state index contributed by atoms with van der Waals surface area (Å²) in [6, 6.07) is 13.9. The van der Waals surface area contributed by atoms with Crippen LogP contribution in [-0.4, -0.2) is 51.0 Å². The fourth-order valence-corrected chi connectivity index (χ4v) is 4.16. The molecule has 0 radical (unpaired) electrons. The number of rotatable bonds is 8. The second-order valence-electron chi connectivity index (χ2n) is 7.36. The molecule has 7 nitrogen and oxygen atoms in total. The van der Waals surface area contributed by atoms with Crippen molar-refractivity contribution in [1.82, 2.24) is 10.2 Å². The molecule has 2 aromatic rings. The Bertz CT molecular complexity index is 1010. The van der Waals surface area contributed by atoms with E-state index in [0.717, 1.165) is 27.3 Å². The van der Waals surface area contributed by atoms with Gasteiger partial charge in [-0.15, -0.1) is 0 Å². The highest BCUT2D eigenvalue weighted by molar-refractivity contribution is 7.92. The lowest BCUT2D eigenvalue weighted by Gasteiger charge is -2.31. The maximum Gasteiger partial charge on any atom is 0.244 e. The van der Waals surface area contributed by atoms with Gasteiger partial charge in [0.2, 0.25) is 21.8 Å². The van der Waals surface area contributed by atoms with Crippen molar-refractivity contribution in [2.75, 3.05) is 24.2 Å². The van der Waals surface area contributed by atoms with E-state index in [4.69, 9.17) is 0 Å². The zero-order valence-corrected chi connectivity index (χ0v) is 18.9. The van der Waals surface area contributed by atoms with Gasteiger partial charge in [-0.3, -0.25) is 13.9 Å². The predicted octanol–water partition coefficient (Wildman–Crippen LogP) is 2.23. The molecule has 0 bridgehead atoms. The topological polar surface area (TPSA) is 86.8 Å². The van der Waals surface area contributed by atoms with Crippen molar-refractivity contribution in [1.29, 1.82) is 0 Å². The van der Waals surface area contributed by atoms with E-state index in [1.807, 2.05) is 43.3 Å². The van der Waals surface area contributed by atoms with E-state index in [0.29, 0.717) is 5.69 Å². The predicted molar refractivity (Wildman–Crippen MR) is 119 cm³/mol. The summed E-state index contributed by atoms with van der Waals surface area (Å²) in [4.78, 5) is 26.9. The largest absolute Gasteiger partial charge is 0.357 e. The molecule has 0 saturated carbocycles. The molecule has 0 aromatic heterocycles. The molecule has 1 unspecified atom stereocenters. The molecule has 0 aliphatic rings. The maximum absolute atomic E-state index is 13.3. The SMILES string of the molecule is CNC(=O)C(C)N(Cc1ccccc1)C(=O)CN(c1ccc(C)cc1C)S(C)(=O)=O. The summed E-state index contributed by atoms with van der Waals surface area (Å²) in [5.74, 6) is -0.781. The zero-order valence-electron chi connectivity index (χ0n) is 18.0. The van der Waals surface area contributed by atoms with Crippen LogP contribution in [0.25, 0.3) is 0 Å². The summed E-state index contributed by atoms with van der Waals surface area (Å²) in [6.07, 6.45) is 1.07. The monoisotopic (exact) mass is 431 g/mol. The van der Waals surface area contributed by atoms with Crippen LogP contribution in [0.5, 0.6) is 0 Å². The van der Waals surface area contributed by atoms with Crippen molar-refractivity contribution < 1.29 is 18.0 Å². The average Bonchev–Trinajstić information content (AvgIpc) is 2.69. The minimum atomic E-state index is -3.72. The van der Waals surface area contributed by atoms with Crippen LogP contribution >= 0.6 is 0 Å². The summed E-state index contributed by atoms with van der Waals surface area (Å²) in [6.45, 7) is 5.15. The number of benzene rings is 2. The van der Waals surface area contributed by atoms with Gasteiger partial charge in [-0.1, -0.05) is 48.0 Å². The first-order chi connectivity index (χ1) is 14.0. The minimum absolute atomic E-state index is 0.193. The molecule has 2 amide bonds. The van der Waals surface area contributed by atoms with Gasteiger partial charge >= 0.3 is 0 Å². The van der Waals surface area contributed by atoms with E-state index in [1.165, 1.54) is 11.9 Å². The molecule has 1 N–H and O–H groups in total. The third-order valence-corrected chi connectivity index (χ3v) is 6.04. The van der Waals surface area contributed by atoms with E-state index in [2.05, 4.69) is 5.32 Å². The highest BCUT2D eigenvalue weighted by atomic mass is 32.2. The third kappa shape index (κ3) is 5.82. The van der Waals surface area contributed by atoms with Gasteiger partial charge in [0.25, 0.3) is 0 Å². The first-order valence-corrected chi connectivity index (χ1v) is 11.5. The van der Waals surface area contributed by atoms with Gasteiger partial charge < -0.3 is 10.2 Å². The van der Waals surface area contributed by atoms with Crippen molar-refractivity contribution in [2.24, 2.45) is 0 Å². The highest BCUT2D eigenvalue weighted by Crippen LogP contribution is 2.24. The van der Waals surface area contributed by atoms with E-state index < -0.39 is 28.5 Å². The minimum Gasteiger partial charge on any atom is -0.357 e. The smallest absolute Gasteiger partial charge is 0.244 e. The summed E-state index contributed by atoms with van der Waals surface area (Å²) in [5.41, 5.74) is 3.04. The normalized spacial score (nSPS) is 12.2. The van der Waals surface area contributed by atoms with Crippen LogP contribution in [0.1, 0.15) is 23.6 Å². The van der Waals surface area contributed by atoms with Crippen LogP contribution in [0.15, 0.2) is 48.5 Å². The number of anilines is 1. The number of sulfonamides is 1. The summed E-state index contributed by atoms with van der Waals surface area (Å²) in [7, 11) is -2.22. The molecule has 0 saturated heterocycles. The first-order valence-electron chi connectivity index (χ1n) is 9.64. The van der Waals surface area contributed by atoms with Gasteiger partial charge in [0.15, 0.2) is 0 Å². The van der Waals surface area contributed by atoms with Gasteiger partial charge in [-0.25, -0.2) is 8.42 Å². The Balaban J connectivity index is 2.39. The van der Waals surface area contributed by atoms with Crippen molar-refractivity contribution in [2.45, 2.75) is 33.4 Å². The van der Waals surface area contributed by atoms with Crippen molar-refractivity contribution >= 4 is 27.5 Å². The van der Waals surface area contributed by atoms with E-state index >= 15 is 0 Å². The Morgan fingerprint density at radius 3 is 2.23 bits per heavy atom. The number of nitrogens with zero attached hydrogens (tertiary/aromatic N) is 2. The second-order valence-corrected chi connectivity index (χ2v) is 9.26. The lowest BCUT2D eigenvalue weighted by molar-refractivity contribution is -0.139. The number of nitrogens with one attached hydrogen (secondary N) is 1. The Morgan fingerprint density at radius 1 is 1.07 bits per heavy atom. The number of likely N-dealkylation sites (N-methyl/N-ethyl adjacent to an activating group) is 1. The fraction of sp³-hybridized carbons (Fsp3) is 0.364.